The number of aromatic amines is 1. The van der Waals surface area contributed by atoms with Crippen LogP contribution in [0.2, 0.25) is 0 Å². The first-order valence-corrected chi connectivity index (χ1v) is 15.2. The fourth-order valence-electron chi connectivity index (χ4n) is 6.58. The Kier molecular flexibility index (Phi) is 7.88. The number of fused-ring (bicyclic) bond motifs is 2. The third kappa shape index (κ3) is 6.33. The lowest BCUT2D eigenvalue weighted by atomic mass is 9.71. The van der Waals surface area contributed by atoms with Crippen LogP contribution in [-0.2, 0) is 24.1 Å². The van der Waals surface area contributed by atoms with Crippen molar-refractivity contribution in [2.75, 3.05) is 19.6 Å². The van der Waals surface area contributed by atoms with E-state index in [2.05, 4.69) is 48.0 Å². The normalized spacial score (nSPS) is 20.4. The number of aliphatic hydroxyl groups excluding tert-OH is 1. The number of carbonyl (C=O) groups excluding carboxylic acids is 1. The predicted molar refractivity (Wildman–Crippen MR) is 160 cm³/mol. The largest absolute Gasteiger partial charge is 0.393 e. The highest BCUT2D eigenvalue weighted by Crippen LogP contribution is 2.39. The zero-order valence-electron chi connectivity index (χ0n) is 24.6. The number of H-pyrrole nitrogens is 1. The van der Waals surface area contributed by atoms with E-state index >= 15 is 0 Å². The topological polar surface area (TPSA) is 107 Å². The Morgan fingerprint density at radius 1 is 1.15 bits per heavy atom. The number of aliphatic imine (C=N–C) groups is 1. The molecule has 2 aliphatic heterocycles. The molecular formula is C33H42N6O2. The monoisotopic (exact) mass is 554 g/mol. The van der Waals surface area contributed by atoms with Gasteiger partial charge in [0, 0.05) is 49.6 Å². The molecule has 3 aromatic rings. The molecule has 0 aromatic carbocycles. The highest BCUT2D eigenvalue weighted by atomic mass is 16.3. The zero-order valence-corrected chi connectivity index (χ0v) is 24.6. The van der Waals surface area contributed by atoms with E-state index in [1.54, 1.807) is 6.20 Å². The number of ketones is 1. The van der Waals surface area contributed by atoms with E-state index in [1.165, 1.54) is 17.7 Å². The maximum absolute atomic E-state index is 13.7. The van der Waals surface area contributed by atoms with Crippen molar-refractivity contribution in [3.63, 3.8) is 0 Å². The molecule has 41 heavy (non-hydrogen) atoms. The molecule has 0 saturated carbocycles. The molecule has 0 bridgehead atoms. The molecule has 8 heteroatoms. The predicted octanol–water partition coefficient (Wildman–Crippen LogP) is 5.24. The van der Waals surface area contributed by atoms with Crippen LogP contribution in [0.5, 0.6) is 0 Å². The number of hydrogen-bond acceptors (Lipinski definition) is 7. The Hall–Kier alpha value is -3.23. The van der Waals surface area contributed by atoms with E-state index in [9.17, 15) is 9.90 Å². The number of likely N-dealkylation sites (tertiary alicyclic amines) is 1. The van der Waals surface area contributed by atoms with Crippen molar-refractivity contribution in [1.82, 2.24) is 25.1 Å². The first-order valence-electron chi connectivity index (χ1n) is 15.2. The molecule has 1 fully saturated rings. The van der Waals surface area contributed by atoms with Gasteiger partial charge in [-0.3, -0.25) is 19.9 Å². The summed E-state index contributed by atoms with van der Waals surface area (Å²) in [6.45, 7) is 9.66. The van der Waals surface area contributed by atoms with Gasteiger partial charge in [0.15, 0.2) is 5.78 Å². The van der Waals surface area contributed by atoms with E-state index in [4.69, 9.17) is 15.0 Å². The smallest absolute Gasteiger partial charge is 0.178 e. The summed E-state index contributed by atoms with van der Waals surface area (Å²) < 4.78 is 0. The summed E-state index contributed by atoms with van der Waals surface area (Å²) in [7, 11) is 0. The number of aromatic nitrogens is 4. The summed E-state index contributed by atoms with van der Waals surface area (Å²) in [5, 5.41) is 16.8. The number of carbonyl (C=O) groups is 1. The van der Waals surface area contributed by atoms with Crippen molar-refractivity contribution in [2.24, 2.45) is 16.3 Å². The Bertz CT molecular complexity index is 1400. The van der Waals surface area contributed by atoms with Gasteiger partial charge in [0.1, 0.15) is 0 Å². The summed E-state index contributed by atoms with van der Waals surface area (Å²) in [6.07, 6.45) is 11.9. The van der Waals surface area contributed by atoms with E-state index in [0.717, 1.165) is 79.9 Å². The van der Waals surface area contributed by atoms with Crippen LogP contribution in [-0.4, -0.2) is 67.4 Å². The van der Waals surface area contributed by atoms with Gasteiger partial charge in [-0.15, -0.1) is 0 Å². The minimum Gasteiger partial charge on any atom is -0.393 e. The molecule has 1 aliphatic carbocycles. The SMILES string of the molecule is CC(C)(C)[C@H]1CCc2nc3c(cc2C1)N=C(C(=O)C[C@H](CCN1CCC(O)CC1)c1ccc(-c2cn[nH]c2)nc1)C3. The van der Waals surface area contributed by atoms with Crippen molar-refractivity contribution < 1.29 is 9.90 Å². The summed E-state index contributed by atoms with van der Waals surface area (Å²) in [5.74, 6) is 0.783. The molecule has 0 spiro atoms. The van der Waals surface area contributed by atoms with E-state index in [-0.39, 0.29) is 23.2 Å². The van der Waals surface area contributed by atoms with Crippen LogP contribution in [0.1, 0.15) is 81.3 Å². The molecule has 2 N–H and O–H groups in total. The third-order valence-corrected chi connectivity index (χ3v) is 9.41. The Balaban J connectivity index is 1.17. The molecule has 3 aliphatic rings. The number of hydrogen-bond donors (Lipinski definition) is 2. The Morgan fingerprint density at radius 2 is 1.98 bits per heavy atom. The molecule has 216 valence electrons. The standard InChI is InChI=1S/C33H42N6O2/c1-33(2,3)25-5-7-28-23(14-25)15-29-30(37-28)17-31(38-29)32(41)16-21(8-11-39-12-9-26(40)10-13-39)22-4-6-27(34-18-22)24-19-35-36-20-24/h4,6,15,18-21,25-26,40H,5,7-14,16-17H2,1-3H3,(H,35,36)/t21-,25-/m0/s1. The van der Waals surface area contributed by atoms with Crippen molar-refractivity contribution in [3.05, 3.63) is 59.3 Å². The van der Waals surface area contributed by atoms with Crippen LogP contribution < -0.4 is 0 Å². The van der Waals surface area contributed by atoms with E-state index in [0.29, 0.717) is 24.5 Å². The molecule has 8 nitrogen and oxygen atoms in total. The Morgan fingerprint density at radius 3 is 2.68 bits per heavy atom. The van der Waals surface area contributed by atoms with Gasteiger partial charge in [-0.25, -0.2) is 4.99 Å². The number of aryl methyl sites for hydroxylation is 1. The lowest BCUT2D eigenvalue weighted by molar-refractivity contribution is -0.113. The van der Waals surface area contributed by atoms with Crippen molar-refractivity contribution >= 4 is 17.2 Å². The van der Waals surface area contributed by atoms with Gasteiger partial charge in [-0.05, 0) is 85.6 Å². The molecule has 6 rings (SSSR count). The summed E-state index contributed by atoms with van der Waals surface area (Å²) in [6, 6.07) is 6.31. The van der Waals surface area contributed by atoms with Gasteiger partial charge in [0.2, 0.25) is 0 Å². The van der Waals surface area contributed by atoms with Gasteiger partial charge in [0.05, 0.1) is 35.1 Å². The van der Waals surface area contributed by atoms with Gasteiger partial charge in [-0.1, -0.05) is 26.8 Å². The summed E-state index contributed by atoms with van der Waals surface area (Å²) >= 11 is 0. The Labute approximate surface area is 242 Å². The maximum Gasteiger partial charge on any atom is 0.178 e. The number of aliphatic hydroxyl groups is 1. The zero-order chi connectivity index (χ0) is 28.6. The van der Waals surface area contributed by atoms with Crippen LogP contribution in [0.25, 0.3) is 11.3 Å². The molecule has 0 radical (unpaired) electrons. The van der Waals surface area contributed by atoms with Gasteiger partial charge in [-0.2, -0.15) is 5.10 Å². The van der Waals surface area contributed by atoms with Gasteiger partial charge < -0.3 is 10.0 Å². The molecule has 2 atom stereocenters. The minimum absolute atomic E-state index is 0.0420. The number of nitrogens with one attached hydrogen (secondary N) is 1. The highest BCUT2D eigenvalue weighted by Gasteiger charge is 2.32. The van der Waals surface area contributed by atoms with Crippen LogP contribution in [0.15, 0.2) is 41.8 Å². The average molecular weight is 555 g/mol. The second kappa shape index (κ2) is 11.6. The first kappa shape index (κ1) is 27.9. The van der Waals surface area contributed by atoms with Gasteiger partial charge in [0.25, 0.3) is 0 Å². The molecular weight excluding hydrogens is 512 g/mol. The molecule has 3 aromatic heterocycles. The van der Waals surface area contributed by atoms with Crippen LogP contribution in [0.4, 0.5) is 5.69 Å². The summed E-state index contributed by atoms with van der Waals surface area (Å²) in [5.41, 5.74) is 8.12. The van der Waals surface area contributed by atoms with Crippen LogP contribution in [0, 0.1) is 11.3 Å². The van der Waals surface area contributed by atoms with E-state index in [1.807, 2.05) is 18.5 Å². The molecule has 0 amide bonds. The number of pyridine rings is 2. The minimum atomic E-state index is -0.191. The number of Topliss-reactive ketones (excluding diaryl/α,β-unsaturated/α-hetero) is 1. The fraction of sp³-hybridized carbons (Fsp3) is 0.545. The number of nitrogens with zero attached hydrogens (tertiary/aromatic N) is 5. The van der Waals surface area contributed by atoms with Crippen LogP contribution >= 0.6 is 0 Å². The van der Waals surface area contributed by atoms with E-state index < -0.39 is 0 Å². The number of rotatable bonds is 8. The number of piperidine rings is 1. The van der Waals surface area contributed by atoms with Crippen molar-refractivity contribution in [1.29, 1.82) is 0 Å². The second-order valence-electron chi connectivity index (χ2n) is 13.3. The highest BCUT2D eigenvalue weighted by molar-refractivity contribution is 6.41. The van der Waals surface area contributed by atoms with Gasteiger partial charge >= 0.3 is 0 Å². The molecule has 0 unspecified atom stereocenters. The van der Waals surface area contributed by atoms with Crippen LogP contribution in [0.3, 0.4) is 0 Å². The second-order valence-corrected chi connectivity index (χ2v) is 13.3. The van der Waals surface area contributed by atoms with Crippen molar-refractivity contribution in [3.8, 4) is 11.3 Å². The van der Waals surface area contributed by atoms with Crippen molar-refractivity contribution in [2.45, 2.75) is 84.2 Å². The third-order valence-electron chi connectivity index (χ3n) is 9.41. The summed E-state index contributed by atoms with van der Waals surface area (Å²) in [4.78, 5) is 30.7. The maximum atomic E-state index is 13.7. The lowest BCUT2D eigenvalue weighted by Gasteiger charge is -2.34. The first-order chi connectivity index (χ1) is 19.7. The quantitative estimate of drug-likeness (QED) is 0.395. The lowest BCUT2D eigenvalue weighted by Crippen LogP contribution is -2.37. The average Bonchev–Trinajstić information content (AvgIpc) is 3.64. The molecule has 5 heterocycles. The fourth-order valence-corrected chi connectivity index (χ4v) is 6.58. The molecule has 1 saturated heterocycles.